The summed E-state index contributed by atoms with van der Waals surface area (Å²) in [6.07, 6.45) is 18.4. The first-order chi connectivity index (χ1) is 21.9. The third-order valence-electron chi connectivity index (χ3n) is 9.51. The molecule has 4 atom stereocenters. The number of aliphatic hydroxyl groups is 1. The van der Waals surface area contributed by atoms with Crippen LogP contribution in [0.1, 0.15) is 124 Å². The second-order valence-corrected chi connectivity index (χ2v) is 18.3. The third kappa shape index (κ3) is 12.2. The number of rotatable bonds is 25. The number of epoxide rings is 1. The molecule has 1 fully saturated rings. The van der Waals surface area contributed by atoms with Gasteiger partial charge in [-0.15, -0.1) is 0 Å². The number of hydrogen-bond donors (Lipinski definition) is 1. The highest BCUT2D eigenvalue weighted by Gasteiger charge is 2.52. The van der Waals surface area contributed by atoms with Gasteiger partial charge in [0.05, 0.1) is 24.9 Å². The van der Waals surface area contributed by atoms with Crippen LogP contribution in [-0.4, -0.2) is 58.3 Å². The molecular weight excluding hydrogens is 577 g/mol. The second-order valence-electron chi connectivity index (χ2n) is 14.1. The van der Waals surface area contributed by atoms with Crippen molar-refractivity contribution in [3.05, 3.63) is 60.7 Å². The Balaban J connectivity index is 1.76. The molecule has 0 saturated carbocycles. The zero-order chi connectivity index (χ0) is 32.4. The maximum absolute atomic E-state index is 9.57. The highest BCUT2D eigenvalue weighted by Crippen LogP contribution is 2.39. The smallest absolute Gasteiger partial charge is 0.261 e. The van der Waals surface area contributed by atoms with E-state index in [2.05, 4.69) is 88.4 Å². The number of ether oxygens (including phenoxy) is 3. The van der Waals surface area contributed by atoms with Crippen LogP contribution in [0.4, 0.5) is 0 Å². The molecule has 1 aliphatic rings. The lowest BCUT2D eigenvalue weighted by Crippen LogP contribution is -2.68. The Morgan fingerprint density at radius 3 is 1.67 bits per heavy atom. The van der Waals surface area contributed by atoms with E-state index in [1.54, 1.807) is 7.11 Å². The predicted molar refractivity (Wildman–Crippen MR) is 190 cm³/mol. The summed E-state index contributed by atoms with van der Waals surface area (Å²) >= 11 is 0. The maximum Gasteiger partial charge on any atom is 0.261 e. The molecule has 0 radical (unpaired) electrons. The lowest BCUT2D eigenvalue weighted by molar-refractivity contribution is -0.113. The number of aliphatic hydroxyl groups excluding tert-OH is 1. The minimum Gasteiger partial charge on any atom is -0.402 e. The molecule has 2 aromatic carbocycles. The summed E-state index contributed by atoms with van der Waals surface area (Å²) in [5, 5.41) is 12.0. The molecule has 1 heterocycles. The minimum atomic E-state index is -2.77. The molecule has 1 N–H and O–H groups in total. The van der Waals surface area contributed by atoms with Crippen molar-refractivity contribution < 1.29 is 23.7 Å². The van der Waals surface area contributed by atoms with Crippen LogP contribution < -0.4 is 10.4 Å². The molecular formula is C39H64O5Si. The Morgan fingerprint density at radius 1 is 0.711 bits per heavy atom. The summed E-state index contributed by atoms with van der Waals surface area (Å²) in [6.45, 7) is 9.62. The van der Waals surface area contributed by atoms with E-state index in [9.17, 15) is 5.11 Å². The molecule has 2 aromatic rings. The number of benzene rings is 2. The van der Waals surface area contributed by atoms with Gasteiger partial charge in [-0.3, -0.25) is 0 Å². The highest BCUT2D eigenvalue weighted by molar-refractivity contribution is 6.99. The fourth-order valence-electron chi connectivity index (χ4n) is 6.88. The molecule has 6 heteroatoms. The largest absolute Gasteiger partial charge is 0.402 e. The van der Waals surface area contributed by atoms with E-state index in [1.807, 2.05) is 0 Å². The van der Waals surface area contributed by atoms with Crippen LogP contribution in [0.3, 0.4) is 0 Å². The molecule has 1 aliphatic heterocycles. The van der Waals surface area contributed by atoms with Gasteiger partial charge in [0.1, 0.15) is 12.9 Å². The highest BCUT2D eigenvalue weighted by atomic mass is 28.4. The van der Waals surface area contributed by atoms with Crippen molar-refractivity contribution in [1.29, 1.82) is 0 Å². The number of methoxy groups -OCH3 is 1. The first kappa shape index (κ1) is 37.9. The average molecular weight is 641 g/mol. The van der Waals surface area contributed by atoms with Crippen molar-refractivity contribution in [3.63, 3.8) is 0 Å². The van der Waals surface area contributed by atoms with Gasteiger partial charge in [0, 0.05) is 7.11 Å². The van der Waals surface area contributed by atoms with Crippen LogP contribution >= 0.6 is 0 Å². The van der Waals surface area contributed by atoms with Gasteiger partial charge in [-0.05, 0) is 34.7 Å². The first-order valence-corrected chi connectivity index (χ1v) is 19.9. The maximum atomic E-state index is 9.57. The van der Waals surface area contributed by atoms with E-state index in [1.165, 1.54) is 81.0 Å². The van der Waals surface area contributed by atoms with E-state index >= 15 is 0 Å². The SMILES string of the molecule is CCCCCCCCCCCCCC[C@@H](O[Si](c1ccccc1)(c1ccccc1)C(C)(C)C)[C@@H](CC[C@@H]1O[C@H]1CO)OCOC. The zero-order valence-corrected chi connectivity index (χ0v) is 30.2. The molecule has 0 aliphatic carbocycles. The van der Waals surface area contributed by atoms with Crippen molar-refractivity contribution in [2.45, 2.75) is 153 Å². The van der Waals surface area contributed by atoms with Gasteiger partial charge in [0.15, 0.2) is 0 Å². The molecule has 0 spiro atoms. The van der Waals surface area contributed by atoms with Crippen molar-refractivity contribution >= 4 is 18.7 Å². The van der Waals surface area contributed by atoms with E-state index in [4.69, 9.17) is 18.6 Å². The van der Waals surface area contributed by atoms with Crippen LogP contribution in [0.5, 0.6) is 0 Å². The topological polar surface area (TPSA) is 60.5 Å². The van der Waals surface area contributed by atoms with Crippen LogP contribution in [0.15, 0.2) is 60.7 Å². The van der Waals surface area contributed by atoms with Gasteiger partial charge in [-0.1, -0.05) is 165 Å². The lowest BCUT2D eigenvalue weighted by Gasteiger charge is -2.46. The van der Waals surface area contributed by atoms with E-state index in [0.717, 1.165) is 25.7 Å². The fraction of sp³-hybridized carbons (Fsp3) is 0.692. The van der Waals surface area contributed by atoms with Gasteiger partial charge >= 0.3 is 0 Å². The predicted octanol–water partition coefficient (Wildman–Crippen LogP) is 8.55. The second kappa shape index (κ2) is 20.6. The Hall–Kier alpha value is -1.54. The summed E-state index contributed by atoms with van der Waals surface area (Å²) in [6, 6.07) is 21.8. The van der Waals surface area contributed by atoms with Crippen molar-refractivity contribution in [2.75, 3.05) is 20.5 Å². The number of unbranched alkanes of at least 4 members (excludes halogenated alkanes) is 11. The average Bonchev–Trinajstić information content (AvgIpc) is 3.82. The Kier molecular flexibility index (Phi) is 17.4. The number of hydrogen-bond acceptors (Lipinski definition) is 5. The summed E-state index contributed by atoms with van der Waals surface area (Å²) in [5.74, 6) is 0. The van der Waals surface area contributed by atoms with Gasteiger partial charge < -0.3 is 23.7 Å². The molecule has 0 bridgehead atoms. The zero-order valence-electron chi connectivity index (χ0n) is 29.2. The van der Waals surface area contributed by atoms with Crippen molar-refractivity contribution in [1.82, 2.24) is 0 Å². The van der Waals surface area contributed by atoms with Gasteiger partial charge in [-0.25, -0.2) is 0 Å². The Morgan fingerprint density at radius 2 is 1.22 bits per heavy atom. The minimum absolute atomic E-state index is 0.0412. The van der Waals surface area contributed by atoms with E-state index < -0.39 is 8.32 Å². The summed E-state index contributed by atoms with van der Waals surface area (Å²) < 4.78 is 25.3. The monoisotopic (exact) mass is 640 g/mol. The lowest BCUT2D eigenvalue weighted by atomic mass is 9.99. The van der Waals surface area contributed by atoms with Gasteiger partial charge in [0.25, 0.3) is 8.32 Å². The van der Waals surface area contributed by atoms with Crippen LogP contribution in [-0.2, 0) is 18.6 Å². The molecule has 0 amide bonds. The summed E-state index contributed by atoms with van der Waals surface area (Å²) in [7, 11) is -1.08. The molecule has 5 nitrogen and oxygen atoms in total. The molecule has 1 saturated heterocycles. The standard InChI is InChI=1S/C39H64O5Si/c1-6-7-8-9-10-11-12-13-14-15-16-23-28-37(35(42-32-41-5)29-30-36-38(31-40)43-36)44-45(39(2,3)4,33-24-19-17-20-25-33)34-26-21-18-22-27-34/h17-22,24-27,35-38,40H,6-16,23,28-32H2,1-5H3/t35-,36+,37-,38+/m1/s1. The van der Waals surface area contributed by atoms with Crippen LogP contribution in [0, 0.1) is 0 Å². The van der Waals surface area contributed by atoms with Crippen LogP contribution in [0.25, 0.3) is 0 Å². The van der Waals surface area contributed by atoms with E-state index in [0.29, 0.717) is 0 Å². The Bertz CT molecular complexity index is 972. The van der Waals surface area contributed by atoms with E-state index in [-0.39, 0.29) is 42.9 Å². The van der Waals surface area contributed by atoms with Crippen molar-refractivity contribution in [3.8, 4) is 0 Å². The first-order valence-electron chi connectivity index (χ1n) is 18.0. The normalized spacial score (nSPS) is 18.2. The van der Waals surface area contributed by atoms with Crippen molar-refractivity contribution in [2.24, 2.45) is 0 Å². The van der Waals surface area contributed by atoms with Gasteiger partial charge in [-0.2, -0.15) is 0 Å². The van der Waals surface area contributed by atoms with Gasteiger partial charge in [0.2, 0.25) is 0 Å². The summed E-state index contributed by atoms with van der Waals surface area (Å²) in [4.78, 5) is 0. The molecule has 45 heavy (non-hydrogen) atoms. The molecule has 254 valence electrons. The quantitative estimate of drug-likeness (QED) is 0.0510. The molecule has 0 unspecified atom stereocenters. The molecule has 0 aromatic heterocycles. The third-order valence-corrected chi connectivity index (χ3v) is 14.6. The molecule has 3 rings (SSSR count). The van der Waals surface area contributed by atoms with Crippen LogP contribution in [0.2, 0.25) is 5.04 Å². The summed E-state index contributed by atoms with van der Waals surface area (Å²) in [5.41, 5.74) is 0. The fourth-order valence-corrected chi connectivity index (χ4v) is 11.6. The Labute approximate surface area is 276 Å².